The van der Waals surface area contributed by atoms with Gasteiger partial charge in [-0.25, -0.2) is 0 Å². The summed E-state index contributed by atoms with van der Waals surface area (Å²) in [6.07, 6.45) is 3.40. The molecule has 1 aliphatic heterocycles. The van der Waals surface area contributed by atoms with Crippen molar-refractivity contribution in [2.24, 2.45) is 17.0 Å². The first-order chi connectivity index (χ1) is 9.11. The lowest BCUT2D eigenvalue weighted by Gasteiger charge is -2.34. The molecule has 3 atom stereocenters. The summed E-state index contributed by atoms with van der Waals surface area (Å²) >= 11 is 0. The Morgan fingerprint density at radius 3 is 3.00 bits per heavy atom. The van der Waals surface area contributed by atoms with Crippen molar-refractivity contribution in [3.8, 4) is 0 Å². The summed E-state index contributed by atoms with van der Waals surface area (Å²) in [5.41, 5.74) is 8.30. The van der Waals surface area contributed by atoms with Crippen LogP contribution in [0.15, 0.2) is 5.11 Å². The van der Waals surface area contributed by atoms with Crippen molar-refractivity contribution in [1.29, 1.82) is 0 Å². The predicted octanol–water partition coefficient (Wildman–Crippen LogP) is 1.79. The summed E-state index contributed by atoms with van der Waals surface area (Å²) in [5.74, 6) is -0.951. The minimum Gasteiger partial charge on any atom is -0.481 e. The highest BCUT2D eigenvalue weighted by molar-refractivity contribution is 5.79. The molecule has 2 aliphatic rings. The number of aliphatic carboxylic acids is 1. The van der Waals surface area contributed by atoms with Crippen LogP contribution in [0.4, 0.5) is 0 Å². The molecular weight excluding hydrogens is 248 g/mol. The van der Waals surface area contributed by atoms with Crippen LogP contribution in [0.2, 0.25) is 0 Å². The van der Waals surface area contributed by atoms with Crippen LogP contribution in [0.5, 0.6) is 0 Å². The molecule has 7 nitrogen and oxygen atoms in total. The molecule has 1 saturated heterocycles. The van der Waals surface area contributed by atoms with Gasteiger partial charge in [0.25, 0.3) is 0 Å². The van der Waals surface area contributed by atoms with Gasteiger partial charge >= 0.3 is 5.97 Å². The Kier molecular flexibility index (Phi) is 4.27. The van der Waals surface area contributed by atoms with Gasteiger partial charge in [-0.2, -0.15) is 0 Å². The summed E-state index contributed by atoms with van der Waals surface area (Å²) in [6.45, 7) is 0.933. The van der Waals surface area contributed by atoms with Crippen LogP contribution < -0.4 is 0 Å². The van der Waals surface area contributed by atoms with Gasteiger partial charge in [0.05, 0.1) is 5.92 Å². The lowest BCUT2D eigenvalue weighted by molar-refractivity contribution is -0.144. The molecule has 1 heterocycles. The Hall–Kier alpha value is -1.75. The highest BCUT2D eigenvalue weighted by atomic mass is 16.4. The van der Waals surface area contributed by atoms with Crippen molar-refractivity contribution in [3.63, 3.8) is 0 Å². The topological polar surface area (TPSA) is 106 Å². The molecule has 0 aromatic carbocycles. The van der Waals surface area contributed by atoms with E-state index in [4.69, 9.17) is 10.6 Å². The quantitative estimate of drug-likeness (QED) is 0.476. The molecule has 0 aromatic heterocycles. The normalized spacial score (nSPS) is 31.1. The zero-order chi connectivity index (χ0) is 13.8. The molecule has 2 fully saturated rings. The third-order valence-corrected chi connectivity index (χ3v) is 4.08. The number of nitrogens with zero attached hydrogens (tertiary/aromatic N) is 4. The van der Waals surface area contributed by atoms with Gasteiger partial charge in [-0.05, 0) is 30.7 Å². The maximum absolute atomic E-state index is 12.0. The van der Waals surface area contributed by atoms with Crippen LogP contribution in [0.3, 0.4) is 0 Å². The molecule has 104 valence electrons. The van der Waals surface area contributed by atoms with Crippen LogP contribution in [-0.4, -0.2) is 41.0 Å². The molecule has 2 rings (SSSR count). The second-order valence-electron chi connectivity index (χ2n) is 5.39. The molecule has 7 heteroatoms. The van der Waals surface area contributed by atoms with Crippen LogP contribution in [-0.2, 0) is 9.59 Å². The maximum atomic E-state index is 12.0. The van der Waals surface area contributed by atoms with Crippen molar-refractivity contribution in [3.05, 3.63) is 10.4 Å². The number of hydrogen-bond acceptors (Lipinski definition) is 3. The van der Waals surface area contributed by atoms with Gasteiger partial charge in [-0.3, -0.25) is 9.59 Å². The van der Waals surface area contributed by atoms with E-state index in [0.29, 0.717) is 32.4 Å². The number of carboxylic acid groups (broad SMARTS) is 1. The molecule has 0 radical (unpaired) electrons. The third kappa shape index (κ3) is 3.17. The number of azide groups is 1. The van der Waals surface area contributed by atoms with Crippen molar-refractivity contribution in [2.75, 3.05) is 13.1 Å². The van der Waals surface area contributed by atoms with Gasteiger partial charge in [0.2, 0.25) is 5.91 Å². The molecule has 0 spiro atoms. The van der Waals surface area contributed by atoms with Crippen LogP contribution in [0, 0.1) is 11.8 Å². The molecule has 3 unspecified atom stereocenters. The standard InChI is InChI=1S/C12H18N4O3/c13-15-14-6-8-4-11(17)16(7-8)10-3-1-2-9(5-10)12(18)19/h8-10H,1-7H2,(H,18,19). The Labute approximate surface area is 111 Å². The van der Waals surface area contributed by atoms with E-state index in [-0.39, 0.29) is 23.8 Å². The average Bonchev–Trinajstić information content (AvgIpc) is 2.77. The van der Waals surface area contributed by atoms with E-state index in [1.54, 1.807) is 4.90 Å². The van der Waals surface area contributed by atoms with Gasteiger partial charge in [0.15, 0.2) is 0 Å². The highest BCUT2D eigenvalue weighted by Crippen LogP contribution is 2.31. The van der Waals surface area contributed by atoms with E-state index in [9.17, 15) is 9.59 Å². The van der Waals surface area contributed by atoms with Gasteiger partial charge < -0.3 is 10.0 Å². The summed E-state index contributed by atoms with van der Waals surface area (Å²) in [4.78, 5) is 27.5. The third-order valence-electron chi connectivity index (χ3n) is 4.08. The van der Waals surface area contributed by atoms with E-state index >= 15 is 0 Å². The zero-order valence-electron chi connectivity index (χ0n) is 10.7. The van der Waals surface area contributed by atoms with Crippen LogP contribution in [0.25, 0.3) is 10.4 Å². The van der Waals surface area contributed by atoms with Gasteiger partial charge in [-0.15, -0.1) is 0 Å². The molecule has 1 saturated carbocycles. The summed E-state index contributed by atoms with van der Waals surface area (Å²) in [6, 6.07) is 0.0402. The highest BCUT2D eigenvalue weighted by Gasteiger charge is 2.37. The van der Waals surface area contributed by atoms with Crippen molar-refractivity contribution >= 4 is 11.9 Å². The molecule has 0 aromatic rings. The molecular formula is C12H18N4O3. The van der Waals surface area contributed by atoms with Gasteiger partial charge in [0.1, 0.15) is 0 Å². The Morgan fingerprint density at radius 1 is 1.53 bits per heavy atom. The molecule has 0 bridgehead atoms. The minimum absolute atomic E-state index is 0.0402. The Morgan fingerprint density at radius 2 is 2.32 bits per heavy atom. The van der Waals surface area contributed by atoms with E-state index in [0.717, 1.165) is 12.8 Å². The smallest absolute Gasteiger partial charge is 0.306 e. The van der Waals surface area contributed by atoms with Crippen LogP contribution >= 0.6 is 0 Å². The van der Waals surface area contributed by atoms with E-state index in [2.05, 4.69) is 10.0 Å². The predicted molar refractivity (Wildman–Crippen MR) is 67.2 cm³/mol. The average molecular weight is 266 g/mol. The number of hydrogen-bond donors (Lipinski definition) is 1. The molecule has 1 N–H and O–H groups in total. The Bertz CT molecular complexity index is 419. The van der Waals surface area contributed by atoms with Gasteiger partial charge in [-0.1, -0.05) is 11.5 Å². The van der Waals surface area contributed by atoms with Crippen LogP contribution in [0.1, 0.15) is 32.1 Å². The zero-order valence-corrected chi connectivity index (χ0v) is 10.7. The van der Waals surface area contributed by atoms with E-state index < -0.39 is 5.97 Å². The lowest BCUT2D eigenvalue weighted by atomic mass is 9.85. The van der Waals surface area contributed by atoms with E-state index in [1.165, 1.54) is 0 Å². The van der Waals surface area contributed by atoms with E-state index in [1.807, 2.05) is 0 Å². The first-order valence-corrected chi connectivity index (χ1v) is 6.65. The minimum atomic E-state index is -0.762. The lowest BCUT2D eigenvalue weighted by Crippen LogP contribution is -2.41. The monoisotopic (exact) mass is 266 g/mol. The first kappa shape index (κ1) is 13.7. The second-order valence-corrected chi connectivity index (χ2v) is 5.39. The number of carboxylic acids is 1. The second kappa shape index (κ2) is 5.93. The maximum Gasteiger partial charge on any atom is 0.306 e. The van der Waals surface area contributed by atoms with Crippen molar-refractivity contribution in [1.82, 2.24) is 4.90 Å². The summed E-state index contributed by atoms with van der Waals surface area (Å²) in [7, 11) is 0. The largest absolute Gasteiger partial charge is 0.481 e. The summed E-state index contributed by atoms with van der Waals surface area (Å²) in [5, 5.41) is 12.6. The fraction of sp³-hybridized carbons (Fsp3) is 0.833. The molecule has 1 amide bonds. The molecule has 1 aliphatic carbocycles. The number of carbonyl (C=O) groups excluding carboxylic acids is 1. The van der Waals surface area contributed by atoms with Crippen molar-refractivity contribution < 1.29 is 14.7 Å². The number of amides is 1. The fourth-order valence-electron chi connectivity index (χ4n) is 3.11. The fourth-order valence-corrected chi connectivity index (χ4v) is 3.11. The van der Waals surface area contributed by atoms with Crippen molar-refractivity contribution in [2.45, 2.75) is 38.1 Å². The Balaban J connectivity index is 1.95. The first-order valence-electron chi connectivity index (χ1n) is 6.65. The van der Waals surface area contributed by atoms with Gasteiger partial charge in [0, 0.05) is 30.5 Å². The number of likely N-dealkylation sites (tertiary alicyclic amines) is 1. The number of rotatable bonds is 4. The molecule has 19 heavy (non-hydrogen) atoms. The number of carbonyl (C=O) groups is 2. The summed E-state index contributed by atoms with van der Waals surface area (Å²) < 4.78 is 0. The SMILES string of the molecule is [N-]=[N+]=NCC1CC(=O)N(C2CCCC(C(=O)O)C2)C1.